The molecule has 0 bridgehead atoms. The number of nitrogens with one attached hydrogen (secondary N) is 1. The van der Waals surface area contributed by atoms with Crippen molar-refractivity contribution in [3.63, 3.8) is 0 Å². The Morgan fingerprint density at radius 2 is 1.57 bits per heavy atom. The second-order valence-corrected chi connectivity index (χ2v) is 7.96. The van der Waals surface area contributed by atoms with Crippen LogP contribution < -0.4 is 5.32 Å². The van der Waals surface area contributed by atoms with Crippen molar-refractivity contribution in [2.45, 2.75) is 51.4 Å². The third kappa shape index (κ3) is 4.20. The Morgan fingerprint density at radius 3 is 2.19 bits per heavy atom. The third-order valence-electron chi connectivity index (χ3n) is 6.20. The van der Waals surface area contributed by atoms with Crippen LogP contribution in [0.2, 0.25) is 0 Å². The monoisotopic (exact) mass is 293 g/mol. The first-order valence-electron chi connectivity index (χ1n) is 9.39. The van der Waals surface area contributed by atoms with Crippen LogP contribution in [0.25, 0.3) is 0 Å². The van der Waals surface area contributed by atoms with Gasteiger partial charge in [0.15, 0.2) is 0 Å². The van der Waals surface area contributed by atoms with E-state index < -0.39 is 0 Å². The van der Waals surface area contributed by atoms with Crippen LogP contribution in [0.3, 0.4) is 0 Å². The van der Waals surface area contributed by atoms with Gasteiger partial charge in [-0.15, -0.1) is 0 Å². The van der Waals surface area contributed by atoms with Crippen molar-refractivity contribution >= 4 is 0 Å². The van der Waals surface area contributed by atoms with Crippen LogP contribution >= 0.6 is 0 Å². The first-order valence-corrected chi connectivity index (χ1v) is 9.39. The first kappa shape index (κ1) is 15.8. The van der Waals surface area contributed by atoms with Crippen LogP contribution in [0.4, 0.5) is 0 Å². The van der Waals surface area contributed by atoms with Crippen LogP contribution in [-0.2, 0) is 0 Å². The number of hydrogen-bond acceptors (Lipinski definition) is 3. The molecule has 1 saturated carbocycles. The van der Waals surface area contributed by atoms with Gasteiger partial charge in [-0.3, -0.25) is 0 Å². The Kier molecular flexibility index (Phi) is 5.58. The van der Waals surface area contributed by atoms with Crippen LogP contribution in [0.15, 0.2) is 0 Å². The molecule has 0 spiro atoms. The molecule has 2 aliphatic heterocycles. The maximum atomic E-state index is 3.46. The zero-order valence-electron chi connectivity index (χ0n) is 14.1. The molecule has 2 heterocycles. The van der Waals surface area contributed by atoms with Gasteiger partial charge in [0.2, 0.25) is 0 Å². The van der Waals surface area contributed by atoms with Crippen LogP contribution in [0.1, 0.15) is 51.4 Å². The Labute approximate surface area is 131 Å². The van der Waals surface area contributed by atoms with Crippen LogP contribution in [0, 0.1) is 11.3 Å². The predicted octanol–water partition coefficient (Wildman–Crippen LogP) is 2.57. The van der Waals surface area contributed by atoms with E-state index in [-0.39, 0.29) is 0 Å². The van der Waals surface area contributed by atoms with Gasteiger partial charge in [-0.05, 0) is 83.1 Å². The highest BCUT2D eigenvalue weighted by Crippen LogP contribution is 2.39. The van der Waals surface area contributed by atoms with Crippen molar-refractivity contribution in [1.82, 2.24) is 15.1 Å². The molecule has 0 aromatic carbocycles. The number of rotatable bonds is 6. The van der Waals surface area contributed by atoms with Crippen molar-refractivity contribution in [2.75, 3.05) is 52.9 Å². The summed E-state index contributed by atoms with van der Waals surface area (Å²) in [5.74, 6) is 0.975. The van der Waals surface area contributed by atoms with Crippen LogP contribution in [0.5, 0.6) is 0 Å². The number of hydrogen-bond donors (Lipinski definition) is 1. The molecular formula is C18H35N3. The molecule has 0 aromatic rings. The van der Waals surface area contributed by atoms with Gasteiger partial charge >= 0.3 is 0 Å². The molecule has 0 atom stereocenters. The van der Waals surface area contributed by atoms with Gasteiger partial charge in [0.05, 0.1) is 0 Å². The minimum absolute atomic E-state index is 0.594. The van der Waals surface area contributed by atoms with Crippen molar-refractivity contribution in [3.8, 4) is 0 Å². The second kappa shape index (κ2) is 7.43. The van der Waals surface area contributed by atoms with E-state index in [1.54, 1.807) is 0 Å². The summed E-state index contributed by atoms with van der Waals surface area (Å²) < 4.78 is 0. The van der Waals surface area contributed by atoms with Gasteiger partial charge in [0, 0.05) is 19.6 Å². The lowest BCUT2D eigenvalue weighted by molar-refractivity contribution is 0.100. The summed E-state index contributed by atoms with van der Waals surface area (Å²) in [6.07, 6.45) is 11.5. The third-order valence-corrected chi connectivity index (χ3v) is 6.20. The van der Waals surface area contributed by atoms with E-state index >= 15 is 0 Å². The molecule has 0 amide bonds. The second-order valence-electron chi connectivity index (χ2n) is 7.96. The molecule has 2 saturated heterocycles. The average Bonchev–Trinajstić information content (AvgIpc) is 3.14. The van der Waals surface area contributed by atoms with E-state index in [1.807, 2.05) is 0 Å². The van der Waals surface area contributed by atoms with Crippen molar-refractivity contribution in [1.29, 1.82) is 0 Å². The lowest BCUT2D eigenvalue weighted by Crippen LogP contribution is -2.46. The molecule has 3 aliphatic rings. The Hall–Kier alpha value is -0.120. The van der Waals surface area contributed by atoms with E-state index in [9.17, 15) is 0 Å². The zero-order chi connectivity index (χ0) is 14.5. The lowest BCUT2D eigenvalue weighted by Gasteiger charge is -2.39. The highest BCUT2D eigenvalue weighted by atomic mass is 15.2. The number of likely N-dealkylation sites (tertiary alicyclic amines) is 2. The van der Waals surface area contributed by atoms with E-state index in [1.165, 1.54) is 97.2 Å². The smallest absolute Gasteiger partial charge is 0.00501 e. The van der Waals surface area contributed by atoms with Gasteiger partial charge < -0.3 is 15.1 Å². The molecule has 3 rings (SSSR count). The summed E-state index contributed by atoms with van der Waals surface area (Å²) in [6, 6.07) is 0. The minimum atomic E-state index is 0.594. The fraction of sp³-hybridized carbons (Fsp3) is 1.00. The quantitative estimate of drug-likeness (QED) is 0.812. The van der Waals surface area contributed by atoms with Gasteiger partial charge in [-0.2, -0.15) is 0 Å². The zero-order valence-corrected chi connectivity index (χ0v) is 14.1. The molecular weight excluding hydrogens is 258 g/mol. The van der Waals surface area contributed by atoms with E-state index in [0.29, 0.717) is 5.41 Å². The maximum Gasteiger partial charge on any atom is 0.00501 e. The van der Waals surface area contributed by atoms with Gasteiger partial charge in [-0.25, -0.2) is 0 Å². The minimum Gasteiger partial charge on any atom is -0.319 e. The molecule has 1 aliphatic carbocycles. The highest BCUT2D eigenvalue weighted by Gasteiger charge is 2.35. The van der Waals surface area contributed by atoms with Crippen molar-refractivity contribution < 1.29 is 0 Å². The fourth-order valence-corrected chi connectivity index (χ4v) is 5.02. The van der Waals surface area contributed by atoms with E-state index in [0.717, 1.165) is 5.92 Å². The predicted molar refractivity (Wildman–Crippen MR) is 89.7 cm³/mol. The summed E-state index contributed by atoms with van der Waals surface area (Å²) in [5.41, 5.74) is 0.594. The molecule has 0 radical (unpaired) electrons. The summed E-state index contributed by atoms with van der Waals surface area (Å²) in [6.45, 7) is 9.39. The molecule has 122 valence electrons. The average molecular weight is 293 g/mol. The SMILES string of the molecule is CNCC1(CN2CCC(CN3CCCC3)CC2)CCCC1. The topological polar surface area (TPSA) is 18.5 Å². The molecule has 1 N–H and O–H groups in total. The highest BCUT2D eigenvalue weighted by molar-refractivity contribution is 4.90. The lowest BCUT2D eigenvalue weighted by atomic mass is 9.84. The van der Waals surface area contributed by atoms with Crippen LogP contribution in [-0.4, -0.2) is 62.7 Å². The van der Waals surface area contributed by atoms with Gasteiger partial charge in [-0.1, -0.05) is 12.8 Å². The first-order chi connectivity index (χ1) is 10.3. The largest absolute Gasteiger partial charge is 0.319 e. The maximum absolute atomic E-state index is 3.46. The fourth-order valence-electron chi connectivity index (χ4n) is 5.02. The molecule has 0 aromatic heterocycles. The van der Waals surface area contributed by atoms with E-state index in [2.05, 4.69) is 22.2 Å². The summed E-state index contributed by atoms with van der Waals surface area (Å²) >= 11 is 0. The summed E-state index contributed by atoms with van der Waals surface area (Å²) in [5, 5.41) is 3.46. The van der Waals surface area contributed by atoms with Gasteiger partial charge in [0.25, 0.3) is 0 Å². The Balaban J connectivity index is 1.42. The van der Waals surface area contributed by atoms with Gasteiger partial charge in [0.1, 0.15) is 0 Å². The van der Waals surface area contributed by atoms with E-state index in [4.69, 9.17) is 0 Å². The normalized spacial score (nSPS) is 28.4. The number of nitrogens with zero attached hydrogens (tertiary/aromatic N) is 2. The number of piperidine rings is 1. The standard InChI is InChI=1S/C18H35N3/c1-19-15-18(8-2-3-9-18)16-21-12-6-17(7-13-21)14-20-10-4-5-11-20/h17,19H,2-16H2,1H3. The molecule has 21 heavy (non-hydrogen) atoms. The van der Waals surface area contributed by atoms with Crippen molar-refractivity contribution in [2.24, 2.45) is 11.3 Å². The molecule has 3 heteroatoms. The molecule has 3 nitrogen and oxygen atoms in total. The van der Waals surface area contributed by atoms with Crippen molar-refractivity contribution in [3.05, 3.63) is 0 Å². The summed E-state index contributed by atoms with van der Waals surface area (Å²) in [4.78, 5) is 5.49. The Morgan fingerprint density at radius 1 is 0.905 bits per heavy atom. The molecule has 0 unspecified atom stereocenters. The Bertz CT molecular complexity index is 298. The molecule has 3 fully saturated rings. The summed E-state index contributed by atoms with van der Waals surface area (Å²) in [7, 11) is 2.13.